The molecule has 0 bridgehead atoms. The van der Waals surface area contributed by atoms with Crippen molar-refractivity contribution in [2.24, 2.45) is 29.6 Å². The molecular weight excluding hydrogens is 865 g/mol. The molecule has 4 heterocycles. The van der Waals surface area contributed by atoms with Gasteiger partial charge in [0.2, 0.25) is 33.6 Å². The van der Waals surface area contributed by atoms with E-state index in [2.05, 4.69) is 27.3 Å². The Morgan fingerprint density at radius 2 is 1.76 bits per heavy atom. The van der Waals surface area contributed by atoms with Crippen LogP contribution in [0.1, 0.15) is 98.8 Å². The predicted octanol–water partition coefficient (Wildman–Crippen LogP) is 6.22. The number of hydrogen-bond acceptors (Lipinski definition) is 12. The van der Waals surface area contributed by atoms with Crippen molar-refractivity contribution in [3.8, 4) is 28.8 Å². The van der Waals surface area contributed by atoms with Gasteiger partial charge in [-0.3, -0.25) is 19.1 Å². The van der Waals surface area contributed by atoms with Gasteiger partial charge in [0.25, 0.3) is 5.91 Å². The fourth-order valence-electron chi connectivity index (χ4n) is 10.2. The number of carbonyl (C=O) groups is 4. The fourth-order valence-corrected chi connectivity index (χ4v) is 11.5. The predicted molar refractivity (Wildman–Crippen MR) is 245 cm³/mol. The van der Waals surface area contributed by atoms with E-state index in [-0.39, 0.29) is 49.3 Å². The highest BCUT2D eigenvalue weighted by Crippen LogP contribution is 2.53. The highest BCUT2D eigenvalue weighted by atomic mass is 32.2. The van der Waals surface area contributed by atoms with E-state index in [4.69, 9.17) is 23.9 Å². The van der Waals surface area contributed by atoms with Gasteiger partial charge >= 0.3 is 6.09 Å². The molecular formula is C49H62N6O10S. The number of carbonyl (C=O) groups excluding carboxylic acids is 4. The lowest BCUT2D eigenvalue weighted by Crippen LogP contribution is -2.59. The third-order valence-corrected chi connectivity index (χ3v) is 16.8. The van der Waals surface area contributed by atoms with E-state index >= 15 is 4.79 Å². The number of aromatic nitrogens is 2. The van der Waals surface area contributed by atoms with E-state index < -0.39 is 68.2 Å². The number of alkyl carbamates (subject to hydrolysis) is 1. The maximum absolute atomic E-state index is 15.2. The summed E-state index contributed by atoms with van der Waals surface area (Å²) in [6.07, 6.45) is 9.68. The molecule has 66 heavy (non-hydrogen) atoms. The van der Waals surface area contributed by atoms with Crippen LogP contribution >= 0.6 is 0 Å². The Kier molecular flexibility index (Phi) is 12.2. The summed E-state index contributed by atoms with van der Waals surface area (Å²) in [5, 5.41) is 7.31. The molecule has 1 aromatic carbocycles. The van der Waals surface area contributed by atoms with E-state index in [1.165, 1.54) is 4.90 Å². The van der Waals surface area contributed by atoms with Crippen LogP contribution in [0.5, 0.6) is 17.5 Å². The molecule has 3 aromatic rings. The van der Waals surface area contributed by atoms with Crippen molar-refractivity contribution in [3.63, 3.8) is 0 Å². The van der Waals surface area contributed by atoms with Gasteiger partial charge in [0.05, 0.1) is 30.2 Å². The van der Waals surface area contributed by atoms with Crippen LogP contribution in [-0.4, -0.2) is 101 Å². The minimum atomic E-state index is -4.03. The minimum absolute atomic E-state index is 0.00526. The highest BCUT2D eigenvalue weighted by Gasteiger charge is 2.63. The number of sulfonamides is 1. The normalized spacial score (nSPS) is 31.8. The van der Waals surface area contributed by atoms with Gasteiger partial charge < -0.3 is 34.5 Å². The zero-order chi connectivity index (χ0) is 46.7. The van der Waals surface area contributed by atoms with Gasteiger partial charge in [-0.25, -0.2) is 23.2 Å². The van der Waals surface area contributed by atoms with Gasteiger partial charge in [-0.15, -0.1) is 0 Å². The number of rotatable bonds is 11. The summed E-state index contributed by atoms with van der Waals surface area (Å²) in [6, 6.07) is 8.82. The van der Waals surface area contributed by atoms with Crippen molar-refractivity contribution in [2.75, 3.05) is 13.7 Å². The molecule has 4 amide bonds. The standard InChI is InChI=1S/C49H62N6O10S/c1-27(2)63-41-14-11-30(25-50-41)39-22-33-21-35(62-6)12-13-38(33)44(51-39)64-37-23-40-43(56)53-49(46(58)54-66(60,61)48(5)15-16-48)24-34(49)10-8-7-9-28(3)17-29(4)42(45(57)55(40)26-37)52-47(59)65-36-19-31-18-32(31)20-36/h8,10-14,21-22,25,27-29,31-32,34,36-37,40,42H,7,9,15-20,23-24,26H2,1-6H3,(H,52,59)(H,53,56)(H,54,58)/b10-8-/t28-,29+,31-,32+,34?,36?,37+,40-,42-,49+/m0/s1. The van der Waals surface area contributed by atoms with Gasteiger partial charge in [-0.1, -0.05) is 26.0 Å². The Morgan fingerprint density at radius 1 is 0.985 bits per heavy atom. The Balaban J connectivity index is 1.05. The molecule has 5 fully saturated rings. The molecule has 0 spiro atoms. The summed E-state index contributed by atoms with van der Waals surface area (Å²) in [5.41, 5.74) is -0.309. The molecule has 1 saturated heterocycles. The van der Waals surface area contributed by atoms with Crippen molar-refractivity contribution in [1.82, 2.24) is 30.2 Å². The number of nitrogens with one attached hydrogen (secondary N) is 3. The third-order valence-electron chi connectivity index (χ3n) is 14.7. The van der Waals surface area contributed by atoms with Crippen molar-refractivity contribution >= 4 is 44.6 Å². The monoisotopic (exact) mass is 926 g/mol. The van der Waals surface area contributed by atoms with E-state index in [0.717, 1.165) is 31.1 Å². The fraction of sp³-hybridized carbons (Fsp3) is 0.592. The van der Waals surface area contributed by atoms with Crippen LogP contribution in [-0.2, 0) is 29.1 Å². The molecule has 4 saturated carbocycles. The van der Waals surface area contributed by atoms with Crippen molar-refractivity contribution < 1.29 is 46.5 Å². The molecule has 354 valence electrons. The molecule has 10 atom stereocenters. The topological polar surface area (TPSA) is 204 Å². The molecule has 2 aromatic heterocycles. The minimum Gasteiger partial charge on any atom is -0.497 e. The number of benzene rings is 1. The molecule has 3 N–H and O–H groups in total. The lowest BCUT2D eigenvalue weighted by atomic mass is 9.88. The van der Waals surface area contributed by atoms with Gasteiger partial charge in [0.1, 0.15) is 35.6 Å². The maximum Gasteiger partial charge on any atom is 0.408 e. The Bertz CT molecular complexity index is 2520. The average molecular weight is 927 g/mol. The lowest BCUT2D eigenvalue weighted by Gasteiger charge is -2.33. The summed E-state index contributed by atoms with van der Waals surface area (Å²) in [7, 11) is -2.45. The number of methoxy groups -OCH3 is 1. The average Bonchev–Trinajstić information content (AvgIpc) is 4.23. The van der Waals surface area contributed by atoms with E-state index in [9.17, 15) is 22.8 Å². The first-order chi connectivity index (χ1) is 31.4. The van der Waals surface area contributed by atoms with Crippen LogP contribution in [0.2, 0.25) is 0 Å². The van der Waals surface area contributed by atoms with E-state index in [0.29, 0.717) is 65.8 Å². The van der Waals surface area contributed by atoms with Gasteiger partial charge in [-0.05, 0) is 138 Å². The lowest BCUT2D eigenvalue weighted by molar-refractivity contribution is -0.142. The number of ether oxygens (including phenoxy) is 4. The van der Waals surface area contributed by atoms with Gasteiger partial charge in [0.15, 0.2) is 0 Å². The van der Waals surface area contributed by atoms with Gasteiger partial charge in [0, 0.05) is 35.6 Å². The third kappa shape index (κ3) is 9.41. The van der Waals surface area contributed by atoms with Crippen LogP contribution in [0.3, 0.4) is 0 Å². The second kappa shape index (κ2) is 17.6. The number of pyridine rings is 2. The van der Waals surface area contributed by atoms with Gasteiger partial charge in [-0.2, -0.15) is 0 Å². The summed E-state index contributed by atoms with van der Waals surface area (Å²) in [4.78, 5) is 68.7. The number of nitrogens with zero attached hydrogens (tertiary/aromatic N) is 3. The van der Waals surface area contributed by atoms with E-state index in [1.807, 2.05) is 57.2 Å². The second-order valence-corrected chi connectivity index (χ2v) is 22.5. The molecule has 9 rings (SSSR count). The molecule has 2 unspecified atom stereocenters. The summed E-state index contributed by atoms with van der Waals surface area (Å²) in [6.45, 7) is 9.42. The highest BCUT2D eigenvalue weighted by molar-refractivity contribution is 7.91. The Morgan fingerprint density at radius 3 is 2.45 bits per heavy atom. The molecule has 0 radical (unpaired) electrons. The molecule has 17 heteroatoms. The van der Waals surface area contributed by atoms with Crippen molar-refractivity contribution in [3.05, 3.63) is 54.7 Å². The van der Waals surface area contributed by atoms with Crippen molar-refractivity contribution in [1.29, 1.82) is 0 Å². The van der Waals surface area contributed by atoms with Crippen LogP contribution in [0, 0.1) is 29.6 Å². The second-order valence-electron chi connectivity index (χ2n) is 20.3. The first-order valence-electron chi connectivity index (χ1n) is 23.6. The Hall–Kier alpha value is -5.45. The SMILES string of the molecule is COc1ccc2c(O[C@@H]3C[C@H]4C(=O)N[C@]5(C(=O)NS(=O)(=O)C6(C)CC6)CC5/C=C\CC[C@H](C)C[C@@H](C)[C@H](NC(=O)OC5C[C@@H]6C[C@@H]6C5)C(=O)N4C3)nc(-c3ccc(OC(C)C)nc3)cc2c1. The molecule has 6 aliphatic rings. The summed E-state index contributed by atoms with van der Waals surface area (Å²) >= 11 is 0. The molecule has 4 aliphatic carbocycles. The maximum atomic E-state index is 15.2. The van der Waals surface area contributed by atoms with Crippen molar-refractivity contribution in [2.45, 2.75) is 140 Å². The van der Waals surface area contributed by atoms with Crippen LogP contribution < -0.4 is 29.6 Å². The number of allylic oxidation sites excluding steroid dienone is 1. The van der Waals surface area contributed by atoms with Crippen LogP contribution in [0.4, 0.5) is 4.79 Å². The molecule has 16 nitrogen and oxygen atoms in total. The zero-order valence-corrected chi connectivity index (χ0v) is 39.4. The first kappa shape index (κ1) is 45.7. The number of fused-ring (bicyclic) bond motifs is 4. The summed E-state index contributed by atoms with van der Waals surface area (Å²) < 4.78 is 52.0. The van der Waals surface area contributed by atoms with E-state index in [1.54, 1.807) is 32.4 Å². The quantitative estimate of drug-likeness (QED) is 0.184. The number of amides is 4. The zero-order valence-electron chi connectivity index (χ0n) is 38.6. The number of hydrogen-bond donors (Lipinski definition) is 3. The summed E-state index contributed by atoms with van der Waals surface area (Å²) in [5.74, 6) is -0.0862. The smallest absolute Gasteiger partial charge is 0.408 e. The largest absolute Gasteiger partial charge is 0.497 e. The molecule has 2 aliphatic heterocycles. The van der Waals surface area contributed by atoms with Crippen LogP contribution in [0.25, 0.3) is 22.0 Å². The first-order valence-corrected chi connectivity index (χ1v) is 25.0. The Labute approximate surface area is 386 Å². The van der Waals surface area contributed by atoms with Crippen LogP contribution in [0.15, 0.2) is 54.7 Å².